The van der Waals surface area contributed by atoms with Gasteiger partial charge in [0.2, 0.25) is 0 Å². The van der Waals surface area contributed by atoms with Crippen molar-refractivity contribution >= 4 is 5.97 Å². The van der Waals surface area contributed by atoms with Gasteiger partial charge in [-0.2, -0.15) is 13.2 Å². The molecule has 1 N–H and O–H groups in total. The van der Waals surface area contributed by atoms with Crippen molar-refractivity contribution in [3.8, 4) is 5.75 Å². The molecule has 0 aromatic heterocycles. The molecular formula is C17H15F3O3. The van der Waals surface area contributed by atoms with Crippen LogP contribution in [0, 0.1) is 0 Å². The molecule has 0 saturated heterocycles. The molecule has 122 valence electrons. The maximum Gasteiger partial charge on any atom is 0.419 e. The summed E-state index contributed by atoms with van der Waals surface area (Å²) in [5.41, 5.74) is 0.272. The lowest BCUT2D eigenvalue weighted by molar-refractivity contribution is -0.139. The number of para-hydroxylation sites is 1. The molecule has 0 aliphatic heterocycles. The number of aryl methyl sites for hydroxylation is 1. The zero-order valence-electron chi connectivity index (χ0n) is 12.4. The number of ether oxygens (including phenoxy) is 1. The number of aromatic carboxylic acids is 1. The molecule has 2 rings (SSSR count). The smallest absolute Gasteiger partial charge is 0.419 e. The number of hydrogen-bond acceptors (Lipinski definition) is 2. The van der Waals surface area contributed by atoms with E-state index < -0.39 is 17.7 Å². The normalized spacial score (nSPS) is 11.3. The first-order chi connectivity index (χ1) is 10.8. The SMILES string of the molecule is CCc1cccc(C(=O)O)c1COc1ccccc1C(F)(F)F. The maximum atomic E-state index is 13.0. The van der Waals surface area contributed by atoms with Crippen LogP contribution in [0.1, 0.15) is 34.0 Å². The van der Waals surface area contributed by atoms with Crippen LogP contribution in [0.2, 0.25) is 0 Å². The van der Waals surface area contributed by atoms with Gasteiger partial charge in [-0.15, -0.1) is 0 Å². The van der Waals surface area contributed by atoms with Crippen LogP contribution in [0.3, 0.4) is 0 Å². The molecule has 0 bridgehead atoms. The fourth-order valence-corrected chi connectivity index (χ4v) is 2.31. The Morgan fingerprint density at radius 3 is 2.43 bits per heavy atom. The summed E-state index contributed by atoms with van der Waals surface area (Å²) < 4.78 is 44.2. The van der Waals surface area contributed by atoms with Gasteiger partial charge in [0, 0.05) is 5.56 Å². The van der Waals surface area contributed by atoms with Crippen molar-refractivity contribution in [2.45, 2.75) is 26.1 Å². The van der Waals surface area contributed by atoms with E-state index in [1.165, 1.54) is 24.3 Å². The van der Waals surface area contributed by atoms with E-state index in [1.807, 2.05) is 6.92 Å². The molecule has 0 amide bonds. The van der Waals surface area contributed by atoms with Crippen LogP contribution in [-0.4, -0.2) is 11.1 Å². The van der Waals surface area contributed by atoms with Gasteiger partial charge < -0.3 is 9.84 Å². The highest BCUT2D eigenvalue weighted by molar-refractivity contribution is 5.89. The zero-order valence-corrected chi connectivity index (χ0v) is 12.4. The van der Waals surface area contributed by atoms with Crippen molar-refractivity contribution in [1.29, 1.82) is 0 Å². The molecule has 0 heterocycles. The Morgan fingerprint density at radius 1 is 1.13 bits per heavy atom. The summed E-state index contributed by atoms with van der Waals surface area (Å²) in [6, 6.07) is 9.62. The number of halogens is 3. The molecule has 0 aliphatic rings. The van der Waals surface area contributed by atoms with E-state index in [0.717, 1.165) is 11.6 Å². The van der Waals surface area contributed by atoms with Gasteiger partial charge in [0.15, 0.2) is 0 Å². The first-order valence-electron chi connectivity index (χ1n) is 6.97. The number of carboxylic acids is 1. The van der Waals surface area contributed by atoms with Gasteiger partial charge in [0.1, 0.15) is 12.4 Å². The summed E-state index contributed by atoms with van der Waals surface area (Å²) in [4.78, 5) is 11.3. The van der Waals surface area contributed by atoms with Gasteiger partial charge in [-0.05, 0) is 30.2 Å². The second-order valence-electron chi connectivity index (χ2n) is 4.88. The summed E-state index contributed by atoms with van der Waals surface area (Å²) in [5, 5.41) is 9.23. The lowest BCUT2D eigenvalue weighted by Gasteiger charge is -2.16. The molecule has 0 radical (unpaired) electrons. The third kappa shape index (κ3) is 3.83. The minimum absolute atomic E-state index is 0.0360. The fraction of sp³-hybridized carbons (Fsp3) is 0.235. The molecule has 0 atom stereocenters. The molecule has 0 unspecified atom stereocenters. The molecule has 0 saturated carbocycles. The Morgan fingerprint density at radius 2 is 1.83 bits per heavy atom. The third-order valence-corrected chi connectivity index (χ3v) is 3.45. The van der Waals surface area contributed by atoms with Gasteiger partial charge in [-0.1, -0.05) is 31.2 Å². The van der Waals surface area contributed by atoms with E-state index >= 15 is 0 Å². The summed E-state index contributed by atoms with van der Waals surface area (Å²) in [7, 11) is 0. The predicted molar refractivity (Wildman–Crippen MR) is 78.6 cm³/mol. The molecular weight excluding hydrogens is 309 g/mol. The molecule has 6 heteroatoms. The molecule has 0 fully saturated rings. The van der Waals surface area contributed by atoms with Crippen molar-refractivity contribution in [2.24, 2.45) is 0 Å². The Bertz CT molecular complexity index is 708. The van der Waals surface area contributed by atoms with Crippen LogP contribution in [-0.2, 0) is 19.2 Å². The van der Waals surface area contributed by atoms with Gasteiger partial charge in [-0.25, -0.2) is 4.79 Å². The van der Waals surface area contributed by atoms with Crippen LogP contribution in [0.5, 0.6) is 5.75 Å². The number of benzene rings is 2. The Labute approximate surface area is 131 Å². The van der Waals surface area contributed by atoms with E-state index in [4.69, 9.17) is 4.74 Å². The maximum absolute atomic E-state index is 13.0. The van der Waals surface area contributed by atoms with E-state index in [1.54, 1.807) is 12.1 Å². The topological polar surface area (TPSA) is 46.5 Å². The number of rotatable bonds is 5. The van der Waals surface area contributed by atoms with E-state index in [2.05, 4.69) is 0 Å². The fourth-order valence-electron chi connectivity index (χ4n) is 2.31. The highest BCUT2D eigenvalue weighted by Gasteiger charge is 2.34. The van der Waals surface area contributed by atoms with Gasteiger partial charge >= 0.3 is 12.1 Å². The van der Waals surface area contributed by atoms with Crippen LogP contribution >= 0.6 is 0 Å². The minimum atomic E-state index is -4.53. The first kappa shape index (κ1) is 16.9. The highest BCUT2D eigenvalue weighted by atomic mass is 19.4. The second-order valence-corrected chi connectivity index (χ2v) is 4.88. The number of carboxylic acid groups (broad SMARTS) is 1. The second kappa shape index (κ2) is 6.73. The van der Waals surface area contributed by atoms with Crippen LogP contribution in [0.4, 0.5) is 13.2 Å². The average molecular weight is 324 g/mol. The summed E-state index contributed by atoms with van der Waals surface area (Å²) in [5.74, 6) is -1.45. The van der Waals surface area contributed by atoms with Crippen molar-refractivity contribution < 1.29 is 27.8 Å². The van der Waals surface area contributed by atoms with E-state index in [-0.39, 0.29) is 17.9 Å². The molecule has 0 spiro atoms. The molecule has 2 aromatic carbocycles. The minimum Gasteiger partial charge on any atom is -0.488 e. The summed E-state index contributed by atoms with van der Waals surface area (Å²) in [6.07, 6.45) is -3.97. The van der Waals surface area contributed by atoms with E-state index in [9.17, 15) is 23.1 Å². The standard InChI is InChI=1S/C17H15F3O3/c1-2-11-6-5-7-12(16(21)22)13(11)10-23-15-9-4-3-8-14(15)17(18,19)20/h3-9H,2,10H2,1H3,(H,21,22). The average Bonchev–Trinajstić information content (AvgIpc) is 2.51. The molecule has 3 nitrogen and oxygen atoms in total. The van der Waals surface area contributed by atoms with Crippen LogP contribution in [0.25, 0.3) is 0 Å². The largest absolute Gasteiger partial charge is 0.488 e. The third-order valence-electron chi connectivity index (χ3n) is 3.45. The highest BCUT2D eigenvalue weighted by Crippen LogP contribution is 2.36. The Balaban J connectivity index is 2.34. The van der Waals surface area contributed by atoms with Crippen molar-refractivity contribution in [3.05, 3.63) is 64.7 Å². The van der Waals surface area contributed by atoms with E-state index in [0.29, 0.717) is 12.0 Å². The quantitative estimate of drug-likeness (QED) is 0.878. The summed E-state index contributed by atoms with van der Waals surface area (Å²) in [6.45, 7) is 1.60. The van der Waals surface area contributed by atoms with Crippen LogP contribution in [0.15, 0.2) is 42.5 Å². The van der Waals surface area contributed by atoms with Gasteiger partial charge in [0.05, 0.1) is 11.1 Å². The molecule has 2 aromatic rings. The monoisotopic (exact) mass is 324 g/mol. The van der Waals surface area contributed by atoms with Crippen LogP contribution < -0.4 is 4.74 Å². The number of hydrogen-bond donors (Lipinski definition) is 1. The molecule has 0 aliphatic carbocycles. The zero-order chi connectivity index (χ0) is 17.0. The lowest BCUT2D eigenvalue weighted by Crippen LogP contribution is -2.12. The Hall–Kier alpha value is -2.50. The number of carbonyl (C=O) groups is 1. The lowest BCUT2D eigenvalue weighted by atomic mass is 10.00. The predicted octanol–water partition coefficient (Wildman–Crippen LogP) is 4.55. The van der Waals surface area contributed by atoms with Crippen molar-refractivity contribution in [1.82, 2.24) is 0 Å². The Kier molecular flexibility index (Phi) is 4.93. The summed E-state index contributed by atoms with van der Waals surface area (Å²) >= 11 is 0. The van der Waals surface area contributed by atoms with Crippen molar-refractivity contribution in [3.63, 3.8) is 0 Å². The van der Waals surface area contributed by atoms with Gasteiger partial charge in [-0.3, -0.25) is 0 Å². The van der Waals surface area contributed by atoms with Crippen molar-refractivity contribution in [2.75, 3.05) is 0 Å². The first-order valence-corrected chi connectivity index (χ1v) is 6.97. The van der Waals surface area contributed by atoms with Gasteiger partial charge in [0.25, 0.3) is 0 Å². The molecule has 23 heavy (non-hydrogen) atoms. The number of alkyl halides is 3.